The van der Waals surface area contributed by atoms with Crippen molar-refractivity contribution in [3.8, 4) is 11.3 Å². The fraction of sp³-hybridized carbons (Fsp3) is 0.333. The molecule has 5 heteroatoms. The third-order valence-corrected chi connectivity index (χ3v) is 4.72. The van der Waals surface area contributed by atoms with E-state index in [1.807, 2.05) is 13.8 Å². The van der Waals surface area contributed by atoms with Crippen LogP contribution in [0, 0.1) is 13.8 Å². The van der Waals surface area contributed by atoms with E-state index in [4.69, 9.17) is 5.73 Å². The Labute approximate surface area is 151 Å². The number of rotatable bonds is 5. The summed E-state index contributed by atoms with van der Waals surface area (Å²) in [6, 6.07) is 9.71. The van der Waals surface area contributed by atoms with Crippen LogP contribution in [0.3, 0.4) is 0 Å². The van der Waals surface area contributed by atoms with E-state index in [0.717, 1.165) is 58.6 Å². The molecule has 0 radical (unpaired) electrons. The Morgan fingerprint density at radius 2 is 1.81 bits per heavy atom. The second kappa shape index (κ2) is 7.16. The van der Waals surface area contributed by atoms with Crippen molar-refractivity contribution in [1.29, 1.82) is 0 Å². The highest BCUT2D eigenvalue weighted by Gasteiger charge is 2.30. The minimum Gasteiger partial charge on any atom is -0.354 e. The third kappa shape index (κ3) is 3.63. The fourth-order valence-corrected chi connectivity index (χ4v) is 3.51. The lowest BCUT2D eigenvalue weighted by atomic mass is 9.97. The topological polar surface area (TPSA) is 41.8 Å². The summed E-state index contributed by atoms with van der Waals surface area (Å²) in [6.07, 6.45) is -1.78. The maximum Gasteiger partial charge on any atom is 0.416 e. The van der Waals surface area contributed by atoms with Gasteiger partial charge < -0.3 is 10.7 Å². The van der Waals surface area contributed by atoms with Crippen LogP contribution in [-0.4, -0.2) is 11.5 Å². The number of alkyl halides is 3. The molecule has 0 aliphatic carbocycles. The van der Waals surface area contributed by atoms with E-state index in [1.54, 1.807) is 6.07 Å². The Kier molecular flexibility index (Phi) is 5.10. The van der Waals surface area contributed by atoms with Gasteiger partial charge >= 0.3 is 6.18 Å². The van der Waals surface area contributed by atoms with Crippen LogP contribution in [0.2, 0.25) is 0 Å². The quantitative estimate of drug-likeness (QED) is 0.559. The Bertz CT molecular complexity index is 923. The van der Waals surface area contributed by atoms with Gasteiger partial charge in [-0.2, -0.15) is 13.2 Å². The van der Waals surface area contributed by atoms with E-state index in [2.05, 4.69) is 17.1 Å². The molecule has 0 aliphatic rings. The highest BCUT2D eigenvalue weighted by molar-refractivity contribution is 5.93. The van der Waals surface area contributed by atoms with Crippen LogP contribution >= 0.6 is 0 Å². The Morgan fingerprint density at radius 1 is 1.04 bits per heavy atom. The van der Waals surface area contributed by atoms with Crippen LogP contribution in [0.1, 0.15) is 35.1 Å². The van der Waals surface area contributed by atoms with E-state index in [1.165, 1.54) is 12.1 Å². The molecule has 2 nitrogen and oxygen atoms in total. The highest BCUT2D eigenvalue weighted by atomic mass is 19.4. The Morgan fingerprint density at radius 3 is 2.50 bits per heavy atom. The summed E-state index contributed by atoms with van der Waals surface area (Å²) in [4.78, 5) is 3.38. The zero-order chi connectivity index (χ0) is 18.9. The summed E-state index contributed by atoms with van der Waals surface area (Å²) in [6.45, 7) is 4.66. The second-order valence-electron chi connectivity index (χ2n) is 6.81. The molecule has 138 valence electrons. The van der Waals surface area contributed by atoms with E-state index in [-0.39, 0.29) is 0 Å². The van der Waals surface area contributed by atoms with Gasteiger partial charge in [0.1, 0.15) is 0 Å². The third-order valence-electron chi connectivity index (χ3n) is 4.72. The number of fused-ring (bicyclic) bond motifs is 1. The average molecular weight is 360 g/mol. The molecule has 3 rings (SSSR count). The van der Waals surface area contributed by atoms with Gasteiger partial charge in [-0.1, -0.05) is 23.8 Å². The van der Waals surface area contributed by atoms with Crippen LogP contribution < -0.4 is 5.73 Å². The molecule has 0 spiro atoms. The van der Waals surface area contributed by atoms with Gasteiger partial charge in [-0.15, -0.1) is 0 Å². The predicted molar refractivity (Wildman–Crippen MR) is 100 cm³/mol. The first-order valence-corrected chi connectivity index (χ1v) is 8.80. The van der Waals surface area contributed by atoms with Crippen molar-refractivity contribution in [2.24, 2.45) is 5.73 Å². The zero-order valence-electron chi connectivity index (χ0n) is 15.0. The van der Waals surface area contributed by atoms with Crippen molar-refractivity contribution in [3.05, 3.63) is 58.7 Å². The molecular formula is C21H23F3N2. The van der Waals surface area contributed by atoms with E-state index < -0.39 is 11.7 Å². The molecule has 0 saturated heterocycles. The van der Waals surface area contributed by atoms with Gasteiger partial charge in [-0.05, 0) is 74.5 Å². The number of H-pyrrole nitrogens is 1. The molecule has 0 saturated carbocycles. The van der Waals surface area contributed by atoms with Gasteiger partial charge in [0, 0.05) is 16.6 Å². The van der Waals surface area contributed by atoms with Gasteiger partial charge in [-0.3, -0.25) is 0 Å². The minimum absolute atomic E-state index is 0.566. The largest absolute Gasteiger partial charge is 0.416 e. The van der Waals surface area contributed by atoms with Gasteiger partial charge in [-0.25, -0.2) is 0 Å². The molecule has 3 N–H and O–H groups in total. The number of halogens is 3. The van der Waals surface area contributed by atoms with Crippen molar-refractivity contribution in [2.75, 3.05) is 6.54 Å². The molecule has 0 amide bonds. The smallest absolute Gasteiger partial charge is 0.354 e. The van der Waals surface area contributed by atoms with Gasteiger partial charge in [0.25, 0.3) is 0 Å². The minimum atomic E-state index is -4.35. The summed E-state index contributed by atoms with van der Waals surface area (Å²) < 4.78 is 39.4. The number of nitrogens with one attached hydrogen (secondary N) is 1. The average Bonchev–Trinajstić information content (AvgIpc) is 2.93. The summed E-state index contributed by atoms with van der Waals surface area (Å²) >= 11 is 0. The first-order chi connectivity index (χ1) is 12.3. The first kappa shape index (κ1) is 18.5. The molecule has 0 bridgehead atoms. The fourth-order valence-electron chi connectivity index (χ4n) is 3.51. The summed E-state index contributed by atoms with van der Waals surface area (Å²) in [5, 5.41) is 1.09. The maximum atomic E-state index is 13.1. The number of nitrogens with two attached hydrogens (primary N) is 1. The monoisotopic (exact) mass is 360 g/mol. The number of aromatic nitrogens is 1. The molecule has 0 fully saturated rings. The van der Waals surface area contributed by atoms with E-state index >= 15 is 0 Å². The van der Waals surface area contributed by atoms with Crippen molar-refractivity contribution in [3.63, 3.8) is 0 Å². The SMILES string of the molecule is Cc1cc(C)c2[nH]c(-c3cccc(C(F)(F)F)c3)c(CCCCN)c2c1. The van der Waals surface area contributed by atoms with Crippen LogP contribution in [0.4, 0.5) is 13.2 Å². The Balaban J connectivity index is 2.18. The van der Waals surface area contributed by atoms with E-state index in [0.29, 0.717) is 12.1 Å². The predicted octanol–water partition coefficient (Wildman–Crippen LogP) is 5.75. The Hall–Kier alpha value is -2.27. The molecule has 26 heavy (non-hydrogen) atoms. The lowest BCUT2D eigenvalue weighted by Crippen LogP contribution is -2.04. The number of unbranched alkanes of at least 4 members (excludes halogenated alkanes) is 1. The molecule has 0 atom stereocenters. The van der Waals surface area contributed by atoms with Crippen LogP contribution in [0.25, 0.3) is 22.2 Å². The molecule has 1 aromatic heterocycles. The number of aryl methyl sites for hydroxylation is 3. The standard InChI is InChI=1S/C21H23F3N2/c1-13-10-14(2)19-18(11-13)17(8-3-4-9-25)20(26-19)15-6-5-7-16(12-15)21(22,23)24/h5-7,10-12,26H,3-4,8-9,25H2,1-2H3. The van der Waals surface area contributed by atoms with Gasteiger partial charge in [0.15, 0.2) is 0 Å². The van der Waals surface area contributed by atoms with Crippen molar-refractivity contribution >= 4 is 10.9 Å². The number of hydrogen-bond acceptors (Lipinski definition) is 1. The second-order valence-corrected chi connectivity index (χ2v) is 6.81. The number of aromatic amines is 1. The molecule has 0 aliphatic heterocycles. The lowest BCUT2D eigenvalue weighted by molar-refractivity contribution is -0.137. The molecule has 0 unspecified atom stereocenters. The normalized spacial score (nSPS) is 12.1. The van der Waals surface area contributed by atoms with Crippen molar-refractivity contribution in [1.82, 2.24) is 4.98 Å². The van der Waals surface area contributed by atoms with Crippen LogP contribution in [-0.2, 0) is 12.6 Å². The zero-order valence-corrected chi connectivity index (χ0v) is 15.0. The van der Waals surface area contributed by atoms with Crippen LogP contribution in [0.5, 0.6) is 0 Å². The summed E-state index contributed by atoms with van der Waals surface area (Å²) in [5.41, 5.74) is 10.6. The highest BCUT2D eigenvalue weighted by Crippen LogP contribution is 2.36. The number of benzene rings is 2. The van der Waals surface area contributed by atoms with Crippen LogP contribution in [0.15, 0.2) is 36.4 Å². The first-order valence-electron chi connectivity index (χ1n) is 8.80. The molecule has 2 aromatic carbocycles. The van der Waals surface area contributed by atoms with E-state index in [9.17, 15) is 13.2 Å². The maximum absolute atomic E-state index is 13.1. The van der Waals surface area contributed by atoms with Crippen molar-refractivity contribution < 1.29 is 13.2 Å². The lowest BCUT2D eigenvalue weighted by Gasteiger charge is -2.10. The molecular weight excluding hydrogens is 337 g/mol. The molecule has 3 aromatic rings. The van der Waals surface area contributed by atoms with Gasteiger partial charge in [0.2, 0.25) is 0 Å². The summed E-state index contributed by atoms with van der Waals surface area (Å²) in [5.74, 6) is 0. The summed E-state index contributed by atoms with van der Waals surface area (Å²) in [7, 11) is 0. The van der Waals surface area contributed by atoms with Crippen molar-refractivity contribution in [2.45, 2.75) is 39.3 Å². The molecule has 1 heterocycles. The number of hydrogen-bond donors (Lipinski definition) is 2. The van der Waals surface area contributed by atoms with Gasteiger partial charge in [0.05, 0.1) is 5.56 Å².